The van der Waals surface area contributed by atoms with Gasteiger partial charge in [0, 0.05) is 49.7 Å². The van der Waals surface area contributed by atoms with Crippen LogP contribution >= 0.6 is 0 Å². The molecular weight excluding hydrogens is 765 g/mol. The van der Waals surface area contributed by atoms with Crippen molar-refractivity contribution in [2.75, 3.05) is 4.90 Å². The summed E-state index contributed by atoms with van der Waals surface area (Å²) in [6.07, 6.45) is 0. The molecule has 0 bridgehead atoms. The Morgan fingerprint density at radius 3 is 1.62 bits per heavy atom. The molecule has 0 spiro atoms. The molecule has 0 aliphatic rings. The van der Waals surface area contributed by atoms with Gasteiger partial charge in [0.05, 0.1) is 11.0 Å². The summed E-state index contributed by atoms with van der Waals surface area (Å²) in [5, 5.41) is 12.0. The first-order chi connectivity index (χ1) is 31.2. The fraction of sp³-hybridized carbons (Fsp3) is 0. The molecule has 13 rings (SSSR count). The predicted octanol–water partition coefficient (Wildman–Crippen LogP) is 16.9. The van der Waals surface area contributed by atoms with Gasteiger partial charge in [0.15, 0.2) is 0 Å². The van der Waals surface area contributed by atoms with Crippen LogP contribution in [0.15, 0.2) is 235 Å². The first-order valence-corrected chi connectivity index (χ1v) is 21.6. The molecule has 11 aromatic carbocycles. The third-order valence-corrected chi connectivity index (χ3v) is 13.0. The summed E-state index contributed by atoms with van der Waals surface area (Å²) >= 11 is 0. The minimum Gasteiger partial charge on any atom is -0.455 e. The monoisotopic (exact) mass is 802 g/mol. The highest BCUT2D eigenvalue weighted by atomic mass is 16.3. The standard InChI is InChI=1S/C60H38N2O/c1-3-15-49-40(11-1)23-24-43-29-35-48(38-55(43)49)61(46-33-27-42(28-34-46)50-19-10-22-58-59(50)54-36-30-41-12-2-4-16-51(41)60(54)63-58)45-31-25-39(26-32-45)44-13-9-14-47(37-44)62-56-20-7-5-17-52(56)53-18-6-8-21-57(53)62/h1-38H. The van der Waals surface area contributed by atoms with Crippen molar-refractivity contribution in [1.82, 2.24) is 4.57 Å². The molecular formula is C60H38N2O. The number of benzene rings is 11. The lowest BCUT2D eigenvalue weighted by Crippen LogP contribution is -2.10. The number of fused-ring (bicyclic) bond motifs is 11. The van der Waals surface area contributed by atoms with Crippen LogP contribution in [0.3, 0.4) is 0 Å². The molecule has 0 N–H and O–H groups in total. The lowest BCUT2D eigenvalue weighted by atomic mass is 9.97. The molecule has 0 radical (unpaired) electrons. The Kier molecular flexibility index (Phi) is 7.91. The number of para-hydroxylation sites is 2. The molecule has 63 heavy (non-hydrogen) atoms. The van der Waals surface area contributed by atoms with E-state index in [1.54, 1.807) is 0 Å². The van der Waals surface area contributed by atoms with E-state index in [-0.39, 0.29) is 0 Å². The molecule has 0 unspecified atom stereocenters. The summed E-state index contributed by atoms with van der Waals surface area (Å²) < 4.78 is 8.95. The molecule has 294 valence electrons. The van der Waals surface area contributed by atoms with Crippen LogP contribution in [0.5, 0.6) is 0 Å². The normalized spacial score (nSPS) is 11.8. The first kappa shape index (κ1) is 35.4. The second kappa shape index (κ2) is 14.1. The summed E-state index contributed by atoms with van der Waals surface area (Å²) in [5.41, 5.74) is 13.3. The summed E-state index contributed by atoms with van der Waals surface area (Å²) in [7, 11) is 0. The third-order valence-electron chi connectivity index (χ3n) is 13.0. The fourth-order valence-corrected chi connectivity index (χ4v) is 9.99. The number of nitrogens with zero attached hydrogens (tertiary/aromatic N) is 2. The van der Waals surface area contributed by atoms with Crippen LogP contribution in [0.2, 0.25) is 0 Å². The molecule has 13 aromatic rings. The topological polar surface area (TPSA) is 21.3 Å². The van der Waals surface area contributed by atoms with Crippen LogP contribution in [0.4, 0.5) is 17.1 Å². The number of rotatable bonds is 6. The van der Waals surface area contributed by atoms with Crippen LogP contribution in [0, 0.1) is 0 Å². The molecule has 0 fully saturated rings. The van der Waals surface area contributed by atoms with Gasteiger partial charge in [-0.15, -0.1) is 0 Å². The maximum absolute atomic E-state index is 6.56. The van der Waals surface area contributed by atoms with Crippen molar-refractivity contribution < 1.29 is 4.42 Å². The molecule has 0 aliphatic heterocycles. The van der Waals surface area contributed by atoms with Crippen molar-refractivity contribution in [3.05, 3.63) is 231 Å². The van der Waals surface area contributed by atoms with E-state index in [0.717, 1.165) is 66.8 Å². The molecule has 3 heteroatoms. The Morgan fingerprint density at radius 1 is 0.333 bits per heavy atom. The Labute approximate surface area is 363 Å². The molecule has 2 aromatic heterocycles. The van der Waals surface area contributed by atoms with Gasteiger partial charge < -0.3 is 13.9 Å². The molecule has 0 atom stereocenters. The number of hydrogen-bond acceptors (Lipinski definition) is 2. The average molecular weight is 803 g/mol. The van der Waals surface area contributed by atoms with E-state index in [4.69, 9.17) is 4.42 Å². The molecule has 0 aliphatic carbocycles. The van der Waals surface area contributed by atoms with Crippen molar-refractivity contribution >= 4 is 93.1 Å². The predicted molar refractivity (Wildman–Crippen MR) is 266 cm³/mol. The van der Waals surface area contributed by atoms with Gasteiger partial charge in [-0.2, -0.15) is 0 Å². The fourth-order valence-electron chi connectivity index (χ4n) is 9.99. The largest absolute Gasteiger partial charge is 0.455 e. The molecule has 0 amide bonds. The maximum atomic E-state index is 6.56. The number of aromatic nitrogens is 1. The Balaban J connectivity index is 0.923. The van der Waals surface area contributed by atoms with E-state index in [1.165, 1.54) is 54.3 Å². The second-order valence-electron chi connectivity index (χ2n) is 16.5. The van der Waals surface area contributed by atoms with Gasteiger partial charge >= 0.3 is 0 Å². The van der Waals surface area contributed by atoms with E-state index in [0.29, 0.717) is 0 Å². The average Bonchev–Trinajstić information content (AvgIpc) is 3.91. The highest BCUT2D eigenvalue weighted by Crippen LogP contribution is 2.43. The minimum atomic E-state index is 0.897. The van der Waals surface area contributed by atoms with E-state index in [1.807, 2.05) is 0 Å². The van der Waals surface area contributed by atoms with Gasteiger partial charge in [0.2, 0.25) is 0 Å². The van der Waals surface area contributed by atoms with E-state index >= 15 is 0 Å². The van der Waals surface area contributed by atoms with Gasteiger partial charge in [-0.3, -0.25) is 0 Å². The summed E-state index contributed by atoms with van der Waals surface area (Å²) in [4.78, 5) is 2.38. The van der Waals surface area contributed by atoms with Crippen molar-refractivity contribution in [1.29, 1.82) is 0 Å². The van der Waals surface area contributed by atoms with Gasteiger partial charge in [-0.1, -0.05) is 158 Å². The zero-order chi connectivity index (χ0) is 41.4. The van der Waals surface area contributed by atoms with Gasteiger partial charge in [0.1, 0.15) is 11.2 Å². The zero-order valence-corrected chi connectivity index (χ0v) is 34.2. The minimum absolute atomic E-state index is 0.897. The second-order valence-corrected chi connectivity index (χ2v) is 16.5. The molecule has 3 nitrogen and oxygen atoms in total. The Morgan fingerprint density at radius 2 is 0.889 bits per heavy atom. The van der Waals surface area contributed by atoms with Gasteiger partial charge in [-0.25, -0.2) is 0 Å². The van der Waals surface area contributed by atoms with Crippen LogP contribution < -0.4 is 4.90 Å². The van der Waals surface area contributed by atoms with Gasteiger partial charge in [0.25, 0.3) is 0 Å². The van der Waals surface area contributed by atoms with Gasteiger partial charge in [-0.05, 0) is 122 Å². The van der Waals surface area contributed by atoms with Crippen LogP contribution in [-0.4, -0.2) is 4.57 Å². The SMILES string of the molecule is c1cc(-c2ccc(N(c3ccc(-c4cccc5oc6c7ccccc7ccc6c45)cc3)c3ccc4ccc5ccccc5c4c3)cc2)cc(-n2c3ccccc3c3ccccc32)c1. The number of anilines is 3. The summed E-state index contributed by atoms with van der Waals surface area (Å²) in [5.74, 6) is 0. The van der Waals surface area contributed by atoms with Crippen LogP contribution in [0.1, 0.15) is 0 Å². The zero-order valence-electron chi connectivity index (χ0n) is 34.2. The van der Waals surface area contributed by atoms with Crippen molar-refractivity contribution in [3.63, 3.8) is 0 Å². The summed E-state index contributed by atoms with van der Waals surface area (Å²) in [6.45, 7) is 0. The number of furan rings is 1. The quantitative estimate of drug-likeness (QED) is 0.156. The van der Waals surface area contributed by atoms with E-state index in [9.17, 15) is 0 Å². The summed E-state index contributed by atoms with van der Waals surface area (Å²) in [6, 6.07) is 83.5. The molecule has 2 heterocycles. The van der Waals surface area contributed by atoms with Crippen molar-refractivity contribution in [3.8, 4) is 27.9 Å². The Bertz CT molecular complexity index is 3860. The van der Waals surface area contributed by atoms with E-state index in [2.05, 4.69) is 240 Å². The maximum Gasteiger partial charge on any atom is 0.143 e. The lowest BCUT2D eigenvalue weighted by Gasteiger charge is -2.26. The van der Waals surface area contributed by atoms with Crippen LogP contribution in [0.25, 0.3) is 104 Å². The highest BCUT2D eigenvalue weighted by Gasteiger charge is 2.18. The molecule has 0 saturated carbocycles. The van der Waals surface area contributed by atoms with Crippen molar-refractivity contribution in [2.45, 2.75) is 0 Å². The smallest absolute Gasteiger partial charge is 0.143 e. The van der Waals surface area contributed by atoms with Crippen LogP contribution in [-0.2, 0) is 0 Å². The number of hydrogen-bond donors (Lipinski definition) is 0. The van der Waals surface area contributed by atoms with Crippen molar-refractivity contribution in [2.24, 2.45) is 0 Å². The Hall–Kier alpha value is -8.40. The molecule has 0 saturated heterocycles. The van der Waals surface area contributed by atoms with E-state index < -0.39 is 0 Å². The third kappa shape index (κ3) is 5.67. The first-order valence-electron chi connectivity index (χ1n) is 21.6. The highest BCUT2D eigenvalue weighted by molar-refractivity contribution is 6.19. The lowest BCUT2D eigenvalue weighted by molar-refractivity contribution is 0.673.